The van der Waals surface area contributed by atoms with Crippen molar-refractivity contribution in [2.24, 2.45) is 16.9 Å². The van der Waals surface area contributed by atoms with Crippen LogP contribution in [-0.2, 0) is 9.59 Å². The lowest BCUT2D eigenvalue weighted by Gasteiger charge is -2.29. The van der Waals surface area contributed by atoms with Gasteiger partial charge in [-0.05, 0) is 25.2 Å². The summed E-state index contributed by atoms with van der Waals surface area (Å²) in [5.41, 5.74) is 0. The van der Waals surface area contributed by atoms with Crippen molar-refractivity contribution in [1.82, 2.24) is 15.2 Å². The van der Waals surface area contributed by atoms with Gasteiger partial charge in [0.15, 0.2) is 11.3 Å². The number of aliphatic hydroxyl groups excluding tert-OH is 1. The van der Waals surface area contributed by atoms with Crippen molar-refractivity contribution in [2.75, 3.05) is 26.4 Å². The number of hydrazone groups is 1. The minimum absolute atomic E-state index is 0.00257. The molecule has 0 radical (unpaired) electrons. The maximum atomic E-state index is 12.7. The van der Waals surface area contributed by atoms with Crippen LogP contribution in [0, 0.1) is 11.8 Å². The summed E-state index contributed by atoms with van der Waals surface area (Å²) in [5, 5.41) is 19.9. The second-order valence-electron chi connectivity index (χ2n) is 8.04. The molecule has 0 aromatic carbocycles. The number of hydrogen-bond acceptors (Lipinski definition) is 5. The summed E-state index contributed by atoms with van der Waals surface area (Å²) in [6, 6.07) is -0.594. The number of amides is 2. The summed E-state index contributed by atoms with van der Waals surface area (Å²) in [4.78, 5) is 27.3. The van der Waals surface area contributed by atoms with Gasteiger partial charge in [0.1, 0.15) is 0 Å². The molecule has 1 saturated carbocycles. The molecule has 1 saturated heterocycles. The number of rotatable bonds is 7. The van der Waals surface area contributed by atoms with Crippen LogP contribution < -0.4 is 5.32 Å². The normalized spacial score (nSPS) is 22.1. The van der Waals surface area contributed by atoms with Gasteiger partial charge in [0.05, 0.1) is 6.04 Å². The lowest BCUT2D eigenvalue weighted by atomic mass is 9.88. The van der Waals surface area contributed by atoms with Crippen LogP contribution in [0.3, 0.4) is 0 Å². The molecule has 27 heavy (non-hydrogen) atoms. The molecule has 7 nitrogen and oxygen atoms in total. The third-order valence-corrected chi connectivity index (χ3v) is 6.24. The number of amidine groups is 1. The summed E-state index contributed by atoms with van der Waals surface area (Å²) < 4.78 is 0. The first-order valence-electron chi connectivity index (χ1n) is 9.98. The standard InChI is InChI=1S/C19H34N4O3S/c1-13(2)12-15(20-17(25)14-8-6-5-7-9-14)16(24)18(26)23(4)21-19-22(3)10-11-27-19/h13-16,24H,5-12H2,1-4H3,(H,20,25). The summed E-state index contributed by atoms with van der Waals surface area (Å²) in [6.45, 7) is 4.93. The van der Waals surface area contributed by atoms with Crippen molar-refractivity contribution in [3.05, 3.63) is 0 Å². The second kappa shape index (κ2) is 10.3. The molecule has 8 heteroatoms. The summed E-state index contributed by atoms with van der Waals surface area (Å²) in [6.07, 6.45) is 4.34. The number of likely N-dealkylation sites (N-methyl/N-ethyl adjacent to an activating group) is 1. The lowest BCUT2D eigenvalue weighted by Crippen LogP contribution is -2.52. The molecule has 2 N–H and O–H groups in total. The molecule has 0 aromatic rings. The Morgan fingerprint density at radius 2 is 2.00 bits per heavy atom. The first-order valence-corrected chi connectivity index (χ1v) is 11.0. The third kappa shape index (κ3) is 6.38. The predicted octanol–water partition coefficient (Wildman–Crippen LogP) is 1.87. The molecule has 0 aromatic heterocycles. The third-order valence-electron chi connectivity index (χ3n) is 5.20. The average molecular weight is 399 g/mol. The predicted molar refractivity (Wildman–Crippen MR) is 109 cm³/mol. The highest BCUT2D eigenvalue weighted by molar-refractivity contribution is 8.14. The fourth-order valence-electron chi connectivity index (χ4n) is 3.57. The van der Waals surface area contributed by atoms with Crippen LogP contribution >= 0.6 is 11.8 Å². The van der Waals surface area contributed by atoms with E-state index in [-0.39, 0.29) is 17.7 Å². The first kappa shape index (κ1) is 22.0. The van der Waals surface area contributed by atoms with Gasteiger partial charge in [0.25, 0.3) is 5.91 Å². The molecular weight excluding hydrogens is 364 g/mol. The first-order chi connectivity index (χ1) is 12.8. The average Bonchev–Trinajstić information content (AvgIpc) is 3.04. The molecule has 2 aliphatic rings. The van der Waals surface area contributed by atoms with Crippen molar-refractivity contribution in [3.63, 3.8) is 0 Å². The Bertz CT molecular complexity index is 549. The fourth-order valence-corrected chi connectivity index (χ4v) is 4.61. The number of nitrogens with one attached hydrogen (secondary N) is 1. The van der Waals surface area contributed by atoms with Crippen LogP contribution in [-0.4, -0.2) is 70.5 Å². The number of nitrogens with zero attached hydrogens (tertiary/aromatic N) is 3. The largest absolute Gasteiger partial charge is 0.381 e. The highest BCUT2D eigenvalue weighted by Crippen LogP contribution is 2.24. The Balaban J connectivity index is 2.02. The molecular formula is C19H34N4O3S. The number of carbonyl (C=O) groups excluding carboxylic acids is 2. The number of thioether (sulfide) groups is 1. The van der Waals surface area contributed by atoms with Gasteiger partial charge in [-0.1, -0.05) is 44.9 Å². The van der Waals surface area contributed by atoms with E-state index in [0.29, 0.717) is 6.42 Å². The van der Waals surface area contributed by atoms with Crippen LogP contribution in [0.25, 0.3) is 0 Å². The zero-order valence-electron chi connectivity index (χ0n) is 17.0. The molecule has 2 atom stereocenters. The van der Waals surface area contributed by atoms with Crippen molar-refractivity contribution < 1.29 is 14.7 Å². The Kier molecular flexibility index (Phi) is 8.41. The SMILES string of the molecule is CC(C)CC(NC(=O)C1CCCCC1)C(O)C(=O)N(C)N=C1SCCN1C. The van der Waals surface area contributed by atoms with Crippen molar-refractivity contribution in [2.45, 2.75) is 64.5 Å². The van der Waals surface area contributed by atoms with Gasteiger partial charge in [-0.2, -0.15) is 0 Å². The molecule has 2 fully saturated rings. The van der Waals surface area contributed by atoms with Crippen LogP contribution in [0.5, 0.6) is 0 Å². The molecule has 2 rings (SSSR count). The maximum absolute atomic E-state index is 12.7. The van der Waals surface area contributed by atoms with Gasteiger partial charge in [-0.25, -0.2) is 5.01 Å². The summed E-state index contributed by atoms with van der Waals surface area (Å²) in [5.74, 6) is 0.660. The molecule has 1 heterocycles. The fraction of sp³-hybridized carbons (Fsp3) is 0.842. The maximum Gasteiger partial charge on any atom is 0.273 e. The molecule has 1 aliphatic heterocycles. The van der Waals surface area contributed by atoms with Gasteiger partial charge in [0.2, 0.25) is 5.91 Å². The van der Waals surface area contributed by atoms with E-state index in [1.54, 1.807) is 18.8 Å². The molecule has 0 spiro atoms. The van der Waals surface area contributed by atoms with E-state index < -0.39 is 18.1 Å². The van der Waals surface area contributed by atoms with Gasteiger partial charge in [-0.3, -0.25) is 9.59 Å². The van der Waals surface area contributed by atoms with Gasteiger partial charge < -0.3 is 15.3 Å². The van der Waals surface area contributed by atoms with Gasteiger partial charge in [-0.15, -0.1) is 5.10 Å². The molecule has 1 aliphatic carbocycles. The quantitative estimate of drug-likeness (QED) is 0.640. The Labute approximate surface area is 166 Å². The second-order valence-corrected chi connectivity index (χ2v) is 9.10. The van der Waals surface area contributed by atoms with E-state index in [1.807, 2.05) is 25.8 Å². The molecule has 2 unspecified atom stereocenters. The van der Waals surface area contributed by atoms with Crippen molar-refractivity contribution >= 4 is 28.7 Å². The number of carbonyl (C=O) groups is 2. The Morgan fingerprint density at radius 3 is 2.56 bits per heavy atom. The number of aliphatic hydroxyl groups is 1. The van der Waals surface area contributed by atoms with Gasteiger partial charge >= 0.3 is 0 Å². The minimum Gasteiger partial charge on any atom is -0.381 e. The van der Waals surface area contributed by atoms with Crippen LogP contribution in [0.15, 0.2) is 5.10 Å². The molecule has 0 bridgehead atoms. The van der Waals surface area contributed by atoms with E-state index >= 15 is 0 Å². The van der Waals surface area contributed by atoms with Crippen LogP contribution in [0.1, 0.15) is 52.4 Å². The molecule has 154 valence electrons. The van der Waals surface area contributed by atoms with Crippen molar-refractivity contribution in [1.29, 1.82) is 0 Å². The summed E-state index contributed by atoms with van der Waals surface area (Å²) >= 11 is 1.59. The minimum atomic E-state index is -1.30. The van der Waals surface area contributed by atoms with E-state index in [9.17, 15) is 14.7 Å². The smallest absolute Gasteiger partial charge is 0.273 e. The monoisotopic (exact) mass is 398 g/mol. The topological polar surface area (TPSA) is 85.2 Å². The zero-order chi connectivity index (χ0) is 20.0. The summed E-state index contributed by atoms with van der Waals surface area (Å²) in [7, 11) is 3.49. The highest BCUT2D eigenvalue weighted by atomic mass is 32.2. The van der Waals surface area contributed by atoms with Gasteiger partial charge in [0, 0.05) is 32.3 Å². The van der Waals surface area contributed by atoms with Crippen LogP contribution in [0.2, 0.25) is 0 Å². The Morgan fingerprint density at radius 1 is 1.33 bits per heavy atom. The lowest BCUT2D eigenvalue weighted by molar-refractivity contribution is -0.141. The van der Waals surface area contributed by atoms with Crippen molar-refractivity contribution in [3.8, 4) is 0 Å². The molecule has 2 amide bonds. The zero-order valence-corrected chi connectivity index (χ0v) is 17.8. The Hall–Kier alpha value is -1.28. The van der Waals surface area contributed by atoms with E-state index in [0.717, 1.165) is 43.1 Å². The van der Waals surface area contributed by atoms with E-state index in [4.69, 9.17) is 0 Å². The van der Waals surface area contributed by atoms with Crippen LogP contribution in [0.4, 0.5) is 0 Å². The van der Waals surface area contributed by atoms with E-state index in [1.165, 1.54) is 11.4 Å². The highest BCUT2D eigenvalue weighted by Gasteiger charge is 2.33. The number of hydrogen-bond donors (Lipinski definition) is 2. The van der Waals surface area contributed by atoms with E-state index in [2.05, 4.69) is 10.4 Å².